The van der Waals surface area contributed by atoms with E-state index in [0.717, 1.165) is 12.8 Å². The van der Waals surface area contributed by atoms with Gasteiger partial charge in [0.05, 0.1) is 17.6 Å². The van der Waals surface area contributed by atoms with Crippen molar-refractivity contribution in [2.45, 2.75) is 44.3 Å². The Balaban J connectivity index is 1.97. The van der Waals surface area contributed by atoms with Crippen molar-refractivity contribution in [3.05, 3.63) is 0 Å². The molecule has 0 aromatic rings. The second-order valence-corrected chi connectivity index (χ2v) is 8.03. The van der Waals surface area contributed by atoms with Gasteiger partial charge in [-0.15, -0.1) is 0 Å². The monoisotopic (exact) mass is 271 g/mol. The van der Waals surface area contributed by atoms with Crippen molar-refractivity contribution >= 4 is 9.84 Å². The van der Waals surface area contributed by atoms with Gasteiger partial charge in [-0.05, 0) is 26.7 Å². The Morgan fingerprint density at radius 3 is 2.67 bits per heavy atom. The molecule has 1 saturated carbocycles. The molecule has 0 spiro atoms. The highest BCUT2D eigenvalue weighted by atomic mass is 32.2. The van der Waals surface area contributed by atoms with Crippen molar-refractivity contribution in [1.29, 1.82) is 5.26 Å². The lowest BCUT2D eigenvalue weighted by Crippen LogP contribution is -2.57. The van der Waals surface area contributed by atoms with Gasteiger partial charge in [0.1, 0.15) is 5.54 Å². The van der Waals surface area contributed by atoms with E-state index in [2.05, 4.69) is 16.3 Å². The Bertz CT molecular complexity index is 452. The number of sulfone groups is 1. The summed E-state index contributed by atoms with van der Waals surface area (Å²) in [6.45, 7) is 4.95. The summed E-state index contributed by atoms with van der Waals surface area (Å²) >= 11 is 0. The first-order valence-corrected chi connectivity index (χ1v) is 8.29. The molecule has 1 heterocycles. The third-order valence-corrected chi connectivity index (χ3v) is 5.47. The molecule has 1 aliphatic heterocycles. The van der Waals surface area contributed by atoms with Gasteiger partial charge < -0.3 is 0 Å². The minimum Gasteiger partial charge on any atom is -0.296 e. The maximum atomic E-state index is 11.5. The average molecular weight is 271 g/mol. The lowest BCUT2D eigenvalue weighted by molar-refractivity contribution is 0.183. The second kappa shape index (κ2) is 4.80. The van der Waals surface area contributed by atoms with E-state index < -0.39 is 15.4 Å². The van der Waals surface area contributed by atoms with Crippen LogP contribution in [0.15, 0.2) is 0 Å². The molecule has 1 saturated heterocycles. The molecular formula is C12H21N3O2S. The lowest BCUT2D eigenvalue weighted by Gasteiger charge is -2.38. The number of nitriles is 1. The SMILES string of the molecule is CC1CS(=O)(=O)CCN1CC(C)(C#N)NC1CC1. The van der Waals surface area contributed by atoms with Crippen LogP contribution in [0, 0.1) is 11.3 Å². The molecule has 0 amide bonds. The predicted octanol–water partition coefficient (Wildman–Crippen LogP) is 0.140. The molecule has 5 nitrogen and oxygen atoms in total. The molecule has 1 N–H and O–H groups in total. The molecule has 1 aliphatic carbocycles. The van der Waals surface area contributed by atoms with Gasteiger partial charge in [0, 0.05) is 25.2 Å². The van der Waals surface area contributed by atoms with Gasteiger partial charge in [0.25, 0.3) is 0 Å². The van der Waals surface area contributed by atoms with Crippen molar-refractivity contribution in [1.82, 2.24) is 10.2 Å². The van der Waals surface area contributed by atoms with Gasteiger partial charge in [0.2, 0.25) is 0 Å². The number of rotatable bonds is 4. The summed E-state index contributed by atoms with van der Waals surface area (Å²) in [5.41, 5.74) is -0.573. The highest BCUT2D eigenvalue weighted by Gasteiger charge is 2.37. The molecule has 0 radical (unpaired) electrons. The van der Waals surface area contributed by atoms with Crippen LogP contribution >= 0.6 is 0 Å². The molecule has 2 rings (SSSR count). The Morgan fingerprint density at radius 2 is 2.17 bits per heavy atom. The van der Waals surface area contributed by atoms with Crippen molar-refractivity contribution in [2.24, 2.45) is 0 Å². The number of nitrogens with zero attached hydrogens (tertiary/aromatic N) is 2. The molecule has 2 atom stereocenters. The van der Waals surface area contributed by atoms with Crippen LogP contribution in [0.5, 0.6) is 0 Å². The van der Waals surface area contributed by atoms with Gasteiger partial charge in [-0.3, -0.25) is 10.2 Å². The maximum Gasteiger partial charge on any atom is 0.153 e. The number of hydrogen-bond donors (Lipinski definition) is 1. The molecule has 0 aromatic carbocycles. The third kappa shape index (κ3) is 3.44. The van der Waals surface area contributed by atoms with Crippen LogP contribution in [0.2, 0.25) is 0 Å². The van der Waals surface area contributed by atoms with Crippen molar-refractivity contribution in [2.75, 3.05) is 24.6 Å². The molecule has 6 heteroatoms. The van der Waals surface area contributed by atoms with Crippen molar-refractivity contribution in [3.63, 3.8) is 0 Å². The second-order valence-electron chi connectivity index (χ2n) is 5.80. The summed E-state index contributed by atoms with van der Waals surface area (Å²) in [6.07, 6.45) is 2.28. The van der Waals surface area contributed by atoms with Crippen LogP contribution in [0.3, 0.4) is 0 Å². The van der Waals surface area contributed by atoms with Crippen molar-refractivity contribution < 1.29 is 8.42 Å². The Morgan fingerprint density at radius 1 is 1.50 bits per heavy atom. The highest BCUT2D eigenvalue weighted by Crippen LogP contribution is 2.23. The molecule has 0 aromatic heterocycles. The third-order valence-electron chi connectivity index (χ3n) is 3.67. The van der Waals surface area contributed by atoms with Gasteiger partial charge in [-0.1, -0.05) is 0 Å². The van der Waals surface area contributed by atoms with E-state index in [1.807, 2.05) is 13.8 Å². The summed E-state index contributed by atoms with van der Waals surface area (Å²) in [6, 6.07) is 2.80. The molecule has 2 unspecified atom stereocenters. The zero-order valence-corrected chi connectivity index (χ0v) is 11.8. The van der Waals surface area contributed by atoms with Crippen LogP contribution < -0.4 is 5.32 Å². The summed E-state index contributed by atoms with van der Waals surface area (Å²) in [4.78, 5) is 2.11. The maximum absolute atomic E-state index is 11.5. The normalized spacial score (nSPS) is 31.5. The van der Waals surface area contributed by atoms with E-state index in [4.69, 9.17) is 0 Å². The predicted molar refractivity (Wildman–Crippen MR) is 69.9 cm³/mol. The first-order valence-electron chi connectivity index (χ1n) is 6.47. The summed E-state index contributed by atoms with van der Waals surface area (Å²) in [5, 5.41) is 12.7. The first kappa shape index (κ1) is 13.8. The standard InChI is InChI=1S/C12H21N3O2S/c1-10-7-18(16,17)6-5-15(10)9-12(2,8-13)14-11-3-4-11/h10-11,14H,3-7,9H2,1-2H3. The fourth-order valence-corrected chi connectivity index (χ4v) is 4.09. The summed E-state index contributed by atoms with van der Waals surface area (Å²) < 4.78 is 23.0. The summed E-state index contributed by atoms with van der Waals surface area (Å²) in [5.74, 6) is 0.417. The fraction of sp³-hybridized carbons (Fsp3) is 0.917. The van der Waals surface area contributed by atoms with Gasteiger partial charge in [0.15, 0.2) is 9.84 Å². The molecule has 2 fully saturated rings. The lowest BCUT2D eigenvalue weighted by atomic mass is 10.0. The average Bonchev–Trinajstić information content (AvgIpc) is 3.06. The number of nitrogens with one attached hydrogen (secondary N) is 1. The van der Waals surface area contributed by atoms with Crippen LogP contribution in [0.4, 0.5) is 0 Å². The first-order chi connectivity index (χ1) is 8.34. The molecule has 102 valence electrons. The van der Waals surface area contributed by atoms with Crippen LogP contribution in [-0.2, 0) is 9.84 Å². The minimum atomic E-state index is -2.88. The van der Waals surface area contributed by atoms with E-state index in [1.54, 1.807) is 0 Å². The molecule has 2 aliphatic rings. The quantitative estimate of drug-likeness (QED) is 0.787. The zero-order chi connectivity index (χ0) is 13.4. The van der Waals surface area contributed by atoms with E-state index in [0.29, 0.717) is 19.1 Å². The Labute approximate surface area is 109 Å². The van der Waals surface area contributed by atoms with Gasteiger partial charge in [-0.2, -0.15) is 5.26 Å². The molecule has 18 heavy (non-hydrogen) atoms. The summed E-state index contributed by atoms with van der Waals surface area (Å²) in [7, 11) is -2.88. The Kier molecular flexibility index (Phi) is 3.67. The number of hydrogen-bond acceptors (Lipinski definition) is 5. The largest absolute Gasteiger partial charge is 0.296 e. The van der Waals surface area contributed by atoms with E-state index in [-0.39, 0.29) is 17.5 Å². The molecule has 0 bridgehead atoms. The minimum absolute atomic E-state index is 0.00238. The van der Waals surface area contributed by atoms with E-state index in [9.17, 15) is 13.7 Å². The van der Waals surface area contributed by atoms with Crippen LogP contribution in [0.25, 0.3) is 0 Å². The Hall–Kier alpha value is -0.640. The topological polar surface area (TPSA) is 73.2 Å². The molecular weight excluding hydrogens is 250 g/mol. The van der Waals surface area contributed by atoms with Crippen molar-refractivity contribution in [3.8, 4) is 6.07 Å². The smallest absolute Gasteiger partial charge is 0.153 e. The van der Waals surface area contributed by atoms with Gasteiger partial charge in [-0.25, -0.2) is 8.42 Å². The zero-order valence-electron chi connectivity index (χ0n) is 11.0. The fourth-order valence-electron chi connectivity index (χ4n) is 2.47. The van der Waals surface area contributed by atoms with E-state index in [1.165, 1.54) is 0 Å². The highest BCUT2D eigenvalue weighted by molar-refractivity contribution is 7.91. The van der Waals surface area contributed by atoms with E-state index >= 15 is 0 Å². The van der Waals surface area contributed by atoms with Gasteiger partial charge >= 0.3 is 0 Å². The van der Waals surface area contributed by atoms with Crippen LogP contribution in [-0.4, -0.2) is 55.5 Å². The van der Waals surface area contributed by atoms with Crippen LogP contribution in [0.1, 0.15) is 26.7 Å².